The summed E-state index contributed by atoms with van der Waals surface area (Å²) >= 11 is 0. The number of amides is 1. The Morgan fingerprint density at radius 2 is 1.76 bits per heavy atom. The lowest BCUT2D eigenvalue weighted by Gasteiger charge is -2.10. The van der Waals surface area contributed by atoms with Gasteiger partial charge in [-0.15, -0.1) is 0 Å². The first-order valence-electron chi connectivity index (χ1n) is 7.16. The highest BCUT2D eigenvalue weighted by atomic mass is 19.1. The van der Waals surface area contributed by atoms with Gasteiger partial charge in [-0.05, 0) is 37.1 Å². The van der Waals surface area contributed by atoms with Gasteiger partial charge in [0.2, 0.25) is 0 Å². The summed E-state index contributed by atoms with van der Waals surface area (Å²) in [5.74, 6) is -2.51. The van der Waals surface area contributed by atoms with Crippen molar-refractivity contribution in [2.45, 2.75) is 33.2 Å². The summed E-state index contributed by atoms with van der Waals surface area (Å²) in [5.41, 5.74) is 0.501. The lowest BCUT2D eigenvalue weighted by atomic mass is 10.2. The number of hydrogen-bond donors (Lipinski definition) is 2. The van der Waals surface area contributed by atoms with Crippen molar-refractivity contribution in [2.24, 2.45) is 0 Å². The SMILES string of the molecule is CCCNCc1cc(F)c(OCC(=O)NCCC)c(F)c1. The zero-order valence-corrected chi connectivity index (χ0v) is 12.5. The molecule has 0 bridgehead atoms. The smallest absolute Gasteiger partial charge is 0.257 e. The number of carbonyl (C=O) groups is 1. The highest BCUT2D eigenvalue weighted by molar-refractivity contribution is 5.77. The molecule has 0 radical (unpaired) electrons. The van der Waals surface area contributed by atoms with Crippen LogP contribution in [0.4, 0.5) is 8.78 Å². The van der Waals surface area contributed by atoms with Gasteiger partial charge in [0.1, 0.15) is 0 Å². The third-order valence-corrected chi connectivity index (χ3v) is 2.73. The number of nitrogens with one attached hydrogen (secondary N) is 2. The highest BCUT2D eigenvalue weighted by Crippen LogP contribution is 2.23. The Bertz CT molecular complexity index is 444. The Balaban J connectivity index is 2.60. The largest absolute Gasteiger partial charge is 0.478 e. The fourth-order valence-electron chi connectivity index (χ4n) is 1.71. The predicted octanol–water partition coefficient (Wildman–Crippen LogP) is 2.37. The van der Waals surface area contributed by atoms with Crippen molar-refractivity contribution < 1.29 is 18.3 Å². The zero-order valence-electron chi connectivity index (χ0n) is 12.5. The highest BCUT2D eigenvalue weighted by Gasteiger charge is 2.14. The second kappa shape index (κ2) is 9.28. The van der Waals surface area contributed by atoms with Gasteiger partial charge in [0.15, 0.2) is 24.0 Å². The first-order valence-corrected chi connectivity index (χ1v) is 7.16. The van der Waals surface area contributed by atoms with Gasteiger partial charge in [0.05, 0.1) is 0 Å². The average Bonchev–Trinajstić information content (AvgIpc) is 2.44. The summed E-state index contributed by atoms with van der Waals surface area (Å²) in [6.45, 7) is 5.19. The Hall–Kier alpha value is -1.69. The summed E-state index contributed by atoms with van der Waals surface area (Å²) in [6, 6.07) is 2.43. The second-order valence-electron chi connectivity index (χ2n) is 4.70. The van der Waals surface area contributed by atoms with E-state index >= 15 is 0 Å². The van der Waals surface area contributed by atoms with Crippen molar-refractivity contribution in [3.8, 4) is 5.75 Å². The molecule has 0 aromatic heterocycles. The molecule has 0 spiro atoms. The third-order valence-electron chi connectivity index (χ3n) is 2.73. The van der Waals surface area contributed by atoms with E-state index in [-0.39, 0.29) is 0 Å². The van der Waals surface area contributed by atoms with E-state index in [1.54, 1.807) is 0 Å². The molecular weight excluding hydrogens is 278 g/mol. The molecule has 2 N–H and O–H groups in total. The Morgan fingerprint density at radius 1 is 1.14 bits per heavy atom. The Labute approximate surface area is 123 Å². The maximum absolute atomic E-state index is 13.8. The molecule has 0 heterocycles. The number of rotatable bonds is 9. The lowest BCUT2D eigenvalue weighted by molar-refractivity contribution is -0.123. The van der Waals surface area contributed by atoms with Gasteiger partial charge in [0, 0.05) is 13.1 Å². The molecule has 0 aliphatic rings. The number of benzene rings is 1. The lowest BCUT2D eigenvalue weighted by Crippen LogP contribution is -2.29. The van der Waals surface area contributed by atoms with Gasteiger partial charge in [-0.1, -0.05) is 13.8 Å². The van der Waals surface area contributed by atoms with Crippen LogP contribution >= 0.6 is 0 Å². The van der Waals surface area contributed by atoms with Crippen LogP contribution in [0.3, 0.4) is 0 Å². The first kappa shape index (κ1) is 17.4. The minimum Gasteiger partial charge on any atom is -0.478 e. The van der Waals surface area contributed by atoms with Crippen molar-refractivity contribution in [3.05, 3.63) is 29.3 Å². The topological polar surface area (TPSA) is 50.4 Å². The number of carbonyl (C=O) groups excluding carboxylic acids is 1. The van der Waals surface area contributed by atoms with E-state index in [0.717, 1.165) is 19.4 Å². The third kappa shape index (κ3) is 6.08. The van der Waals surface area contributed by atoms with E-state index in [4.69, 9.17) is 4.74 Å². The summed E-state index contributed by atoms with van der Waals surface area (Å²) in [7, 11) is 0. The van der Waals surface area contributed by atoms with Crippen molar-refractivity contribution in [1.29, 1.82) is 0 Å². The number of ether oxygens (including phenoxy) is 1. The van der Waals surface area contributed by atoms with Crippen LogP contribution in [-0.2, 0) is 11.3 Å². The molecular formula is C15H22F2N2O2. The maximum Gasteiger partial charge on any atom is 0.257 e. The Morgan fingerprint density at radius 3 is 2.33 bits per heavy atom. The van der Waals surface area contributed by atoms with Crippen LogP contribution in [-0.4, -0.2) is 25.6 Å². The van der Waals surface area contributed by atoms with Crippen molar-refractivity contribution in [2.75, 3.05) is 19.7 Å². The van der Waals surface area contributed by atoms with Crippen molar-refractivity contribution >= 4 is 5.91 Å². The summed E-state index contributed by atoms with van der Waals surface area (Å²) < 4.78 is 32.5. The molecule has 1 aromatic carbocycles. The zero-order chi connectivity index (χ0) is 15.7. The molecule has 0 unspecified atom stereocenters. The minimum absolute atomic E-state index is 0.388. The molecule has 0 fully saturated rings. The van der Waals surface area contributed by atoms with Crippen LogP contribution in [0.5, 0.6) is 5.75 Å². The molecule has 0 atom stereocenters. The quantitative estimate of drug-likeness (QED) is 0.688. The van der Waals surface area contributed by atoms with Crippen molar-refractivity contribution in [1.82, 2.24) is 10.6 Å². The van der Waals surface area contributed by atoms with Crippen LogP contribution in [0.15, 0.2) is 12.1 Å². The molecule has 1 rings (SSSR count). The van der Waals surface area contributed by atoms with Crippen LogP contribution in [0.2, 0.25) is 0 Å². The molecule has 21 heavy (non-hydrogen) atoms. The first-order chi connectivity index (χ1) is 10.1. The van der Waals surface area contributed by atoms with Gasteiger partial charge in [-0.25, -0.2) is 8.78 Å². The van der Waals surface area contributed by atoms with E-state index in [1.807, 2.05) is 13.8 Å². The summed E-state index contributed by atoms with van der Waals surface area (Å²) in [4.78, 5) is 11.3. The molecule has 0 aliphatic heterocycles. The van der Waals surface area contributed by atoms with Gasteiger partial charge in [-0.2, -0.15) is 0 Å². The molecule has 118 valence electrons. The van der Waals surface area contributed by atoms with Crippen LogP contribution in [0.25, 0.3) is 0 Å². The van der Waals surface area contributed by atoms with Crippen LogP contribution in [0, 0.1) is 11.6 Å². The summed E-state index contributed by atoms with van der Waals surface area (Å²) in [6.07, 6.45) is 1.73. The van der Waals surface area contributed by atoms with E-state index in [1.165, 1.54) is 12.1 Å². The number of hydrogen-bond acceptors (Lipinski definition) is 3. The van der Waals surface area contributed by atoms with Crippen LogP contribution in [0.1, 0.15) is 32.3 Å². The van der Waals surface area contributed by atoms with Gasteiger partial charge in [-0.3, -0.25) is 4.79 Å². The van der Waals surface area contributed by atoms with E-state index in [9.17, 15) is 13.6 Å². The van der Waals surface area contributed by atoms with Gasteiger partial charge < -0.3 is 15.4 Å². The molecule has 0 saturated heterocycles. The second-order valence-corrected chi connectivity index (χ2v) is 4.70. The fourth-order valence-corrected chi connectivity index (χ4v) is 1.71. The standard InChI is InChI=1S/C15H22F2N2O2/c1-3-5-18-9-11-7-12(16)15(13(17)8-11)21-10-14(20)19-6-4-2/h7-8,18H,3-6,9-10H2,1-2H3,(H,19,20). The van der Waals surface area contributed by atoms with Crippen molar-refractivity contribution in [3.63, 3.8) is 0 Å². The van der Waals surface area contributed by atoms with E-state index < -0.39 is 29.9 Å². The average molecular weight is 300 g/mol. The Kier molecular flexibility index (Phi) is 7.68. The van der Waals surface area contributed by atoms with E-state index in [0.29, 0.717) is 18.7 Å². The van der Waals surface area contributed by atoms with Gasteiger partial charge in [0.25, 0.3) is 5.91 Å². The fraction of sp³-hybridized carbons (Fsp3) is 0.533. The normalized spacial score (nSPS) is 10.5. The molecule has 1 aromatic rings. The molecule has 0 aliphatic carbocycles. The number of halogens is 2. The van der Waals surface area contributed by atoms with Crippen LogP contribution < -0.4 is 15.4 Å². The molecule has 6 heteroatoms. The molecule has 0 saturated carbocycles. The maximum atomic E-state index is 13.8. The van der Waals surface area contributed by atoms with Gasteiger partial charge >= 0.3 is 0 Å². The monoisotopic (exact) mass is 300 g/mol. The summed E-state index contributed by atoms with van der Waals surface area (Å²) in [5, 5.41) is 5.63. The molecule has 1 amide bonds. The minimum atomic E-state index is -0.799. The van der Waals surface area contributed by atoms with E-state index in [2.05, 4.69) is 10.6 Å². The molecule has 4 nitrogen and oxygen atoms in total. The predicted molar refractivity (Wildman–Crippen MR) is 77.2 cm³/mol.